The number of aromatic amines is 1. The van der Waals surface area contributed by atoms with E-state index in [1.54, 1.807) is 18.5 Å². The SMILES string of the molecule is O=C(c1cc[nH]c1)c1cncnc1NC1CC(CO)C(O)C1F. The molecule has 0 spiro atoms. The van der Waals surface area contributed by atoms with E-state index in [-0.39, 0.29) is 30.2 Å². The first kappa shape index (κ1) is 15.6. The molecule has 7 nitrogen and oxygen atoms in total. The summed E-state index contributed by atoms with van der Waals surface area (Å²) < 4.78 is 14.2. The average molecular weight is 320 g/mol. The number of aromatic nitrogens is 3. The fourth-order valence-electron chi connectivity index (χ4n) is 2.82. The van der Waals surface area contributed by atoms with Crippen molar-refractivity contribution in [1.82, 2.24) is 15.0 Å². The van der Waals surface area contributed by atoms with Crippen LogP contribution in [0.3, 0.4) is 0 Å². The molecule has 4 atom stereocenters. The summed E-state index contributed by atoms with van der Waals surface area (Å²) in [5.41, 5.74) is 0.667. The molecule has 2 aromatic heterocycles. The van der Waals surface area contributed by atoms with E-state index >= 15 is 0 Å². The minimum atomic E-state index is -1.54. The Morgan fingerprint density at radius 3 is 3.00 bits per heavy atom. The van der Waals surface area contributed by atoms with Crippen molar-refractivity contribution in [1.29, 1.82) is 0 Å². The van der Waals surface area contributed by atoms with Gasteiger partial charge in [-0.05, 0) is 12.5 Å². The van der Waals surface area contributed by atoms with Crippen LogP contribution in [0.5, 0.6) is 0 Å². The Bertz CT molecular complexity index is 679. The lowest BCUT2D eigenvalue weighted by Crippen LogP contribution is -2.32. The quantitative estimate of drug-likeness (QED) is 0.598. The zero-order valence-corrected chi connectivity index (χ0v) is 12.2. The van der Waals surface area contributed by atoms with Gasteiger partial charge in [0.1, 0.15) is 18.3 Å². The molecule has 1 saturated carbocycles. The predicted molar refractivity (Wildman–Crippen MR) is 79.8 cm³/mol. The number of anilines is 1. The van der Waals surface area contributed by atoms with Gasteiger partial charge >= 0.3 is 0 Å². The topological polar surface area (TPSA) is 111 Å². The third-order valence-electron chi connectivity index (χ3n) is 4.12. The normalized spacial score (nSPS) is 27.1. The van der Waals surface area contributed by atoms with Crippen LogP contribution in [0.25, 0.3) is 0 Å². The predicted octanol–water partition coefficient (Wildman–Crippen LogP) is 0.527. The van der Waals surface area contributed by atoms with Crippen LogP contribution in [0.2, 0.25) is 0 Å². The van der Waals surface area contributed by atoms with Gasteiger partial charge in [-0.15, -0.1) is 0 Å². The molecule has 4 unspecified atom stereocenters. The molecule has 0 saturated heterocycles. The maximum Gasteiger partial charge on any atom is 0.199 e. The van der Waals surface area contributed by atoms with Gasteiger partial charge in [-0.3, -0.25) is 4.79 Å². The highest BCUT2D eigenvalue weighted by Gasteiger charge is 2.43. The molecule has 1 aliphatic carbocycles. The van der Waals surface area contributed by atoms with Crippen LogP contribution >= 0.6 is 0 Å². The number of carbonyl (C=O) groups excluding carboxylic acids is 1. The first-order chi connectivity index (χ1) is 11.1. The van der Waals surface area contributed by atoms with E-state index in [4.69, 9.17) is 5.11 Å². The summed E-state index contributed by atoms with van der Waals surface area (Å²) >= 11 is 0. The Hall–Kier alpha value is -2.32. The van der Waals surface area contributed by atoms with Crippen molar-refractivity contribution in [2.45, 2.75) is 24.7 Å². The lowest BCUT2D eigenvalue weighted by molar-refractivity contribution is 0.0444. The summed E-state index contributed by atoms with van der Waals surface area (Å²) in [6, 6.07) is 0.896. The standard InChI is InChI=1S/C15H17FN4O3/c16-12-11(3-9(6-21)14(12)23)20-15-10(5-18-7-19-15)13(22)8-1-2-17-4-8/h1-2,4-5,7,9,11-12,14,17,21,23H,3,6H2,(H,18,19,20). The summed E-state index contributed by atoms with van der Waals surface area (Å²) in [5, 5.41) is 21.8. The molecule has 1 aliphatic rings. The van der Waals surface area contributed by atoms with Gasteiger partial charge in [-0.1, -0.05) is 0 Å². The van der Waals surface area contributed by atoms with E-state index in [1.807, 2.05) is 0 Å². The van der Waals surface area contributed by atoms with Crippen LogP contribution in [0.15, 0.2) is 31.0 Å². The van der Waals surface area contributed by atoms with E-state index in [0.29, 0.717) is 5.56 Å². The minimum Gasteiger partial charge on any atom is -0.396 e. The van der Waals surface area contributed by atoms with Crippen LogP contribution in [-0.2, 0) is 0 Å². The molecular weight excluding hydrogens is 303 g/mol. The van der Waals surface area contributed by atoms with Crippen LogP contribution in [0, 0.1) is 5.92 Å². The molecule has 0 aliphatic heterocycles. The second kappa shape index (κ2) is 6.43. The summed E-state index contributed by atoms with van der Waals surface area (Å²) in [5.74, 6) is -0.611. The monoisotopic (exact) mass is 320 g/mol. The lowest BCUT2D eigenvalue weighted by Gasteiger charge is -2.18. The summed E-state index contributed by atoms with van der Waals surface area (Å²) in [6.07, 6.45) is 3.28. The first-order valence-electron chi connectivity index (χ1n) is 7.29. The number of aliphatic hydroxyl groups is 2. The Balaban J connectivity index is 1.83. The maximum absolute atomic E-state index is 14.2. The van der Waals surface area contributed by atoms with Gasteiger partial charge in [0.05, 0.1) is 17.7 Å². The maximum atomic E-state index is 14.2. The van der Waals surface area contributed by atoms with E-state index in [9.17, 15) is 14.3 Å². The number of alkyl halides is 1. The molecule has 2 aromatic rings. The molecule has 122 valence electrons. The highest BCUT2D eigenvalue weighted by atomic mass is 19.1. The number of ketones is 1. The van der Waals surface area contributed by atoms with Crippen molar-refractivity contribution in [3.63, 3.8) is 0 Å². The highest BCUT2D eigenvalue weighted by Crippen LogP contribution is 2.31. The number of nitrogens with zero attached hydrogens (tertiary/aromatic N) is 2. The second-order valence-electron chi connectivity index (χ2n) is 5.58. The van der Waals surface area contributed by atoms with Crippen LogP contribution in [0.4, 0.5) is 10.2 Å². The van der Waals surface area contributed by atoms with Crippen molar-refractivity contribution in [2.75, 3.05) is 11.9 Å². The fourth-order valence-corrected chi connectivity index (χ4v) is 2.82. The molecule has 0 aromatic carbocycles. The molecule has 3 rings (SSSR count). The van der Waals surface area contributed by atoms with Crippen molar-refractivity contribution in [3.8, 4) is 0 Å². The van der Waals surface area contributed by atoms with Gasteiger partial charge in [0, 0.05) is 36.7 Å². The molecule has 8 heteroatoms. The van der Waals surface area contributed by atoms with Gasteiger partial charge in [-0.2, -0.15) is 0 Å². The average Bonchev–Trinajstić information content (AvgIpc) is 3.19. The van der Waals surface area contributed by atoms with Crippen LogP contribution in [0.1, 0.15) is 22.3 Å². The smallest absolute Gasteiger partial charge is 0.199 e. The van der Waals surface area contributed by atoms with Gasteiger partial charge in [0.25, 0.3) is 0 Å². The van der Waals surface area contributed by atoms with Crippen LogP contribution in [-0.4, -0.2) is 55.9 Å². The van der Waals surface area contributed by atoms with E-state index in [0.717, 1.165) is 0 Å². The van der Waals surface area contributed by atoms with Crippen molar-refractivity contribution in [2.24, 2.45) is 5.92 Å². The van der Waals surface area contributed by atoms with Crippen molar-refractivity contribution >= 4 is 11.6 Å². The third-order valence-corrected chi connectivity index (χ3v) is 4.12. The molecular formula is C15H17FN4O3. The van der Waals surface area contributed by atoms with E-state index < -0.39 is 24.2 Å². The summed E-state index contributed by atoms with van der Waals surface area (Å²) in [4.78, 5) is 23.1. The van der Waals surface area contributed by atoms with Crippen LogP contribution < -0.4 is 5.32 Å². The Kier molecular flexibility index (Phi) is 4.35. The van der Waals surface area contributed by atoms with Gasteiger partial charge in [0.15, 0.2) is 5.78 Å². The number of nitrogens with one attached hydrogen (secondary N) is 2. The number of hydrogen-bond acceptors (Lipinski definition) is 6. The molecule has 0 amide bonds. The van der Waals surface area contributed by atoms with Crippen molar-refractivity contribution < 1.29 is 19.4 Å². The Labute approximate surface area is 131 Å². The number of halogens is 1. The second-order valence-corrected chi connectivity index (χ2v) is 5.58. The number of hydrogen-bond donors (Lipinski definition) is 4. The van der Waals surface area contributed by atoms with E-state index in [1.165, 1.54) is 12.5 Å². The highest BCUT2D eigenvalue weighted by molar-refractivity contribution is 6.11. The third kappa shape index (κ3) is 2.95. The molecule has 2 heterocycles. The Morgan fingerprint density at radius 1 is 1.52 bits per heavy atom. The molecule has 0 bridgehead atoms. The fraction of sp³-hybridized carbons (Fsp3) is 0.400. The molecule has 1 fully saturated rings. The Morgan fingerprint density at radius 2 is 2.35 bits per heavy atom. The van der Waals surface area contributed by atoms with E-state index in [2.05, 4.69) is 20.3 Å². The lowest BCUT2D eigenvalue weighted by atomic mass is 10.1. The minimum absolute atomic E-state index is 0.213. The van der Waals surface area contributed by atoms with Gasteiger partial charge in [-0.25, -0.2) is 14.4 Å². The molecule has 23 heavy (non-hydrogen) atoms. The number of aliphatic hydroxyl groups excluding tert-OH is 2. The molecule has 0 radical (unpaired) electrons. The number of carbonyl (C=O) groups is 1. The summed E-state index contributed by atoms with van der Waals surface area (Å²) in [6.45, 7) is -0.293. The largest absolute Gasteiger partial charge is 0.396 e. The summed E-state index contributed by atoms with van der Waals surface area (Å²) in [7, 11) is 0. The number of H-pyrrole nitrogens is 1. The molecule has 4 N–H and O–H groups in total. The first-order valence-corrected chi connectivity index (χ1v) is 7.29. The zero-order valence-electron chi connectivity index (χ0n) is 12.2. The number of rotatable bonds is 5. The zero-order chi connectivity index (χ0) is 16.4. The van der Waals surface area contributed by atoms with Gasteiger partial charge in [0.2, 0.25) is 0 Å². The van der Waals surface area contributed by atoms with Crippen molar-refractivity contribution in [3.05, 3.63) is 42.1 Å². The van der Waals surface area contributed by atoms with Gasteiger partial charge < -0.3 is 20.5 Å².